The van der Waals surface area contributed by atoms with E-state index in [1.54, 1.807) is 0 Å². The number of nitrogens with zero attached hydrogens (tertiary/aromatic N) is 2. The van der Waals surface area contributed by atoms with E-state index >= 15 is 0 Å². The molecule has 1 aliphatic rings. The van der Waals surface area contributed by atoms with Gasteiger partial charge in [-0.15, -0.1) is 0 Å². The summed E-state index contributed by atoms with van der Waals surface area (Å²) >= 11 is 6.40. The Morgan fingerprint density at radius 1 is 1.00 bits per heavy atom. The number of aliphatic imine (C=N–C) groups is 1. The fourth-order valence-electron chi connectivity index (χ4n) is 4.27. The lowest BCUT2D eigenvalue weighted by Gasteiger charge is -2.13. The zero-order valence-corrected chi connectivity index (χ0v) is 19.5. The number of hydrogen-bond donors (Lipinski definition) is 0. The molecular formula is C28H25ClN2O2. The van der Waals surface area contributed by atoms with Crippen molar-refractivity contribution in [1.29, 1.82) is 0 Å². The van der Waals surface area contributed by atoms with Crippen LogP contribution in [0.4, 0.5) is 0 Å². The molecule has 0 saturated heterocycles. The maximum Gasteiger partial charge on any atom is 0.216 e. The summed E-state index contributed by atoms with van der Waals surface area (Å²) in [6, 6.07) is 22.1. The Labute approximate surface area is 198 Å². The monoisotopic (exact) mass is 456 g/mol. The van der Waals surface area contributed by atoms with Gasteiger partial charge in [-0.25, -0.2) is 4.99 Å². The van der Waals surface area contributed by atoms with E-state index in [0.717, 1.165) is 57.5 Å². The lowest BCUT2D eigenvalue weighted by atomic mass is 9.97. The Kier molecular flexibility index (Phi) is 6.01. The molecule has 1 unspecified atom stereocenters. The van der Waals surface area contributed by atoms with Crippen LogP contribution >= 0.6 is 11.6 Å². The van der Waals surface area contributed by atoms with Crippen molar-refractivity contribution in [2.24, 2.45) is 4.99 Å². The molecule has 1 atom stereocenters. The Hall–Kier alpha value is -3.37. The molecule has 5 heteroatoms. The molecular weight excluding hydrogens is 432 g/mol. The van der Waals surface area contributed by atoms with Crippen molar-refractivity contribution in [2.45, 2.75) is 32.7 Å². The summed E-state index contributed by atoms with van der Waals surface area (Å²) in [6.45, 7) is 4.88. The highest BCUT2D eigenvalue weighted by molar-refractivity contribution is 6.35. The highest BCUT2D eigenvalue weighted by Crippen LogP contribution is 2.35. The molecule has 2 heterocycles. The van der Waals surface area contributed by atoms with Gasteiger partial charge >= 0.3 is 0 Å². The Bertz CT molecular complexity index is 1350. The van der Waals surface area contributed by atoms with Crippen LogP contribution in [0.25, 0.3) is 22.0 Å². The summed E-state index contributed by atoms with van der Waals surface area (Å²) in [4.78, 5) is 9.25. The Balaban J connectivity index is 1.45. The predicted octanol–water partition coefficient (Wildman–Crippen LogP) is 7.60. The van der Waals surface area contributed by atoms with Crippen molar-refractivity contribution < 1.29 is 9.47 Å². The molecule has 0 radical (unpaired) electrons. The van der Waals surface area contributed by atoms with E-state index in [4.69, 9.17) is 26.1 Å². The number of pyridine rings is 1. The van der Waals surface area contributed by atoms with Crippen molar-refractivity contribution in [3.05, 3.63) is 89.1 Å². The van der Waals surface area contributed by atoms with Crippen molar-refractivity contribution in [3.63, 3.8) is 0 Å². The number of fused-ring (bicyclic) bond motifs is 1. The first kappa shape index (κ1) is 21.5. The molecule has 0 saturated carbocycles. The topological polar surface area (TPSA) is 43.7 Å². The van der Waals surface area contributed by atoms with E-state index in [9.17, 15) is 0 Å². The van der Waals surface area contributed by atoms with Gasteiger partial charge in [0.15, 0.2) is 0 Å². The summed E-state index contributed by atoms with van der Waals surface area (Å²) in [5.41, 5.74) is 4.99. The molecule has 0 N–H and O–H groups in total. The smallest absolute Gasteiger partial charge is 0.216 e. The van der Waals surface area contributed by atoms with E-state index in [-0.39, 0.29) is 6.04 Å². The van der Waals surface area contributed by atoms with Gasteiger partial charge in [0.25, 0.3) is 0 Å². The van der Waals surface area contributed by atoms with Gasteiger partial charge in [-0.1, -0.05) is 55.3 Å². The van der Waals surface area contributed by atoms with Gasteiger partial charge in [0, 0.05) is 17.1 Å². The average molecular weight is 457 g/mol. The van der Waals surface area contributed by atoms with Crippen molar-refractivity contribution >= 4 is 28.4 Å². The summed E-state index contributed by atoms with van der Waals surface area (Å²) in [5.74, 6) is 2.20. The van der Waals surface area contributed by atoms with Crippen LogP contribution in [0.15, 0.2) is 77.9 Å². The third-order valence-electron chi connectivity index (χ3n) is 5.81. The van der Waals surface area contributed by atoms with Crippen LogP contribution in [0.5, 0.6) is 11.5 Å². The van der Waals surface area contributed by atoms with E-state index in [1.165, 1.54) is 0 Å². The molecule has 4 nitrogen and oxygen atoms in total. The molecule has 4 aromatic rings. The predicted molar refractivity (Wildman–Crippen MR) is 135 cm³/mol. The van der Waals surface area contributed by atoms with Gasteiger partial charge in [-0.3, -0.25) is 4.98 Å². The maximum atomic E-state index is 6.40. The summed E-state index contributed by atoms with van der Waals surface area (Å²) in [5, 5.41) is 1.68. The van der Waals surface area contributed by atoms with E-state index < -0.39 is 0 Å². The van der Waals surface area contributed by atoms with Crippen LogP contribution in [-0.4, -0.2) is 23.5 Å². The minimum atomic E-state index is 0.248. The van der Waals surface area contributed by atoms with Gasteiger partial charge < -0.3 is 9.47 Å². The number of halogens is 1. The van der Waals surface area contributed by atoms with E-state index in [2.05, 4.69) is 37.0 Å². The molecule has 5 rings (SSSR count). The molecule has 166 valence electrons. The first-order valence-electron chi connectivity index (χ1n) is 11.3. The molecule has 0 bridgehead atoms. The lowest BCUT2D eigenvalue weighted by molar-refractivity contribution is 0.311. The second-order valence-corrected chi connectivity index (χ2v) is 8.70. The van der Waals surface area contributed by atoms with Crippen LogP contribution in [-0.2, 0) is 4.74 Å². The number of aryl methyl sites for hydroxylation is 1. The minimum Gasteiger partial charge on any atom is -0.475 e. The highest BCUT2D eigenvalue weighted by atomic mass is 35.5. The number of benzene rings is 3. The second-order valence-electron chi connectivity index (χ2n) is 8.30. The molecule has 0 spiro atoms. The Morgan fingerprint density at radius 3 is 2.52 bits per heavy atom. The van der Waals surface area contributed by atoms with Crippen LogP contribution in [0.3, 0.4) is 0 Å². The third kappa shape index (κ3) is 4.44. The van der Waals surface area contributed by atoms with Crippen LogP contribution in [0.2, 0.25) is 5.02 Å². The first-order chi connectivity index (χ1) is 16.1. The minimum absolute atomic E-state index is 0.248. The molecule has 0 aliphatic carbocycles. The molecule has 0 amide bonds. The zero-order chi connectivity index (χ0) is 22.8. The quantitative estimate of drug-likeness (QED) is 0.300. The zero-order valence-electron chi connectivity index (χ0n) is 18.7. The fraction of sp³-hybridized carbons (Fsp3) is 0.214. The van der Waals surface area contributed by atoms with Gasteiger partial charge in [0.2, 0.25) is 5.90 Å². The van der Waals surface area contributed by atoms with Crippen molar-refractivity contribution in [3.8, 4) is 22.6 Å². The van der Waals surface area contributed by atoms with Gasteiger partial charge in [-0.05, 0) is 66.4 Å². The molecule has 3 aromatic carbocycles. The van der Waals surface area contributed by atoms with Crippen LogP contribution in [0.1, 0.15) is 30.9 Å². The SMILES string of the molecule is CCCC1COC(c2cccc(Oc3cccc(-c4c(C)cnc5c(Cl)cccc45)c3)c2)=N1. The first-order valence-corrected chi connectivity index (χ1v) is 11.6. The van der Waals surface area contributed by atoms with Crippen molar-refractivity contribution in [1.82, 2.24) is 4.98 Å². The summed E-state index contributed by atoms with van der Waals surface area (Å²) in [6.07, 6.45) is 4.01. The van der Waals surface area contributed by atoms with E-state index in [0.29, 0.717) is 17.5 Å². The number of rotatable bonds is 6. The van der Waals surface area contributed by atoms with Crippen LogP contribution < -0.4 is 4.74 Å². The molecule has 1 aliphatic heterocycles. The van der Waals surface area contributed by atoms with Crippen LogP contribution in [0, 0.1) is 6.92 Å². The van der Waals surface area contributed by atoms with Gasteiger partial charge in [0.1, 0.15) is 18.1 Å². The van der Waals surface area contributed by atoms with E-state index in [1.807, 2.05) is 54.7 Å². The number of para-hydroxylation sites is 1. The molecule has 33 heavy (non-hydrogen) atoms. The highest BCUT2D eigenvalue weighted by Gasteiger charge is 2.19. The largest absolute Gasteiger partial charge is 0.475 e. The van der Waals surface area contributed by atoms with Gasteiger partial charge in [0.05, 0.1) is 16.6 Å². The van der Waals surface area contributed by atoms with Gasteiger partial charge in [-0.2, -0.15) is 0 Å². The number of hydrogen-bond acceptors (Lipinski definition) is 4. The fourth-order valence-corrected chi connectivity index (χ4v) is 4.49. The van der Waals surface area contributed by atoms with Crippen molar-refractivity contribution in [2.75, 3.05) is 6.61 Å². The lowest BCUT2D eigenvalue weighted by Crippen LogP contribution is -2.05. The summed E-state index contributed by atoms with van der Waals surface area (Å²) in [7, 11) is 0. The maximum absolute atomic E-state index is 6.40. The Morgan fingerprint density at radius 2 is 1.73 bits per heavy atom. The number of ether oxygens (including phenoxy) is 2. The standard InChI is InChI=1S/C28H25ClN2O2/c1-3-7-21-17-32-28(31-21)20-9-5-11-23(15-20)33-22-10-4-8-19(14-22)26-18(2)16-30-27-24(26)12-6-13-25(27)29/h4-6,8-16,21H,3,7,17H2,1-2H3. The summed E-state index contributed by atoms with van der Waals surface area (Å²) < 4.78 is 12.1. The second kappa shape index (κ2) is 9.24. The normalized spacial score (nSPS) is 15.4. The third-order valence-corrected chi connectivity index (χ3v) is 6.12. The number of aromatic nitrogens is 1. The average Bonchev–Trinajstić information content (AvgIpc) is 3.29. The molecule has 0 fully saturated rings. The molecule has 1 aromatic heterocycles.